The summed E-state index contributed by atoms with van der Waals surface area (Å²) in [4.78, 5) is 3.76. The minimum atomic E-state index is -0.283. The van der Waals surface area contributed by atoms with Gasteiger partial charge in [-0.05, 0) is 74.2 Å². The van der Waals surface area contributed by atoms with Crippen molar-refractivity contribution in [2.24, 2.45) is 0 Å². The van der Waals surface area contributed by atoms with Crippen LogP contribution in [0.2, 0.25) is 0 Å². The van der Waals surface area contributed by atoms with Crippen molar-refractivity contribution >= 4 is 10.9 Å². The van der Waals surface area contributed by atoms with Gasteiger partial charge in [-0.25, -0.2) is 0 Å². The molecule has 3 rings (SSSR count). The second-order valence-corrected chi connectivity index (χ2v) is 9.83. The van der Waals surface area contributed by atoms with E-state index in [-0.39, 0.29) is 10.9 Å². The van der Waals surface area contributed by atoms with Crippen LogP contribution >= 0.6 is 0 Å². The maximum atomic E-state index is 5.77. The molecule has 0 radical (unpaired) electrons. The zero-order valence-electron chi connectivity index (χ0n) is 20.1. The molecule has 0 heterocycles. The lowest BCUT2D eigenvalue weighted by molar-refractivity contribution is 0.146. The van der Waals surface area contributed by atoms with Crippen LogP contribution in [0, 0.1) is 27.7 Å². The molecule has 0 spiro atoms. The predicted molar refractivity (Wildman–Crippen MR) is 131 cm³/mol. The summed E-state index contributed by atoms with van der Waals surface area (Å²) in [5, 5.41) is 0. The molecule has 0 unspecified atom stereocenters. The zero-order chi connectivity index (χ0) is 23.3. The highest BCUT2D eigenvalue weighted by Crippen LogP contribution is 2.38. The minimum Gasteiger partial charge on any atom is -0.496 e. The van der Waals surface area contributed by atoms with E-state index in [1.165, 1.54) is 14.7 Å². The third kappa shape index (κ3) is 5.22. The SMILES string of the molecule is COCCOc1ccc([S+](c2cc(C)c(OC)c(C)c2)c2cc(C)c(OC)c(C)c2)cc1. The molecule has 0 fully saturated rings. The van der Waals surface area contributed by atoms with Crippen molar-refractivity contribution in [1.82, 2.24) is 0 Å². The van der Waals surface area contributed by atoms with E-state index in [0.29, 0.717) is 13.2 Å². The van der Waals surface area contributed by atoms with Crippen molar-refractivity contribution in [3.05, 3.63) is 70.8 Å². The smallest absolute Gasteiger partial charge is 0.167 e. The summed E-state index contributed by atoms with van der Waals surface area (Å²) < 4.78 is 22.1. The Morgan fingerprint density at radius 2 is 1.03 bits per heavy atom. The Morgan fingerprint density at radius 1 is 0.594 bits per heavy atom. The minimum absolute atomic E-state index is 0.283. The van der Waals surface area contributed by atoms with E-state index in [1.807, 2.05) is 12.1 Å². The first-order chi connectivity index (χ1) is 15.4. The van der Waals surface area contributed by atoms with Crippen LogP contribution in [-0.4, -0.2) is 34.5 Å². The second kappa shape index (κ2) is 10.8. The molecule has 0 aliphatic rings. The average Bonchev–Trinajstić information content (AvgIpc) is 2.75. The zero-order valence-corrected chi connectivity index (χ0v) is 20.9. The Labute approximate surface area is 194 Å². The second-order valence-electron chi connectivity index (χ2n) is 7.80. The summed E-state index contributed by atoms with van der Waals surface area (Å²) in [5.74, 6) is 2.74. The Hall–Kier alpha value is -2.63. The molecule has 0 aliphatic heterocycles. The molecule has 0 atom stereocenters. The van der Waals surface area contributed by atoms with Gasteiger partial charge in [0.2, 0.25) is 0 Å². The summed E-state index contributed by atoms with van der Waals surface area (Å²) in [5.41, 5.74) is 4.56. The summed E-state index contributed by atoms with van der Waals surface area (Å²) in [6.45, 7) is 9.53. The Morgan fingerprint density at radius 3 is 1.41 bits per heavy atom. The molecule has 5 heteroatoms. The number of methoxy groups -OCH3 is 3. The van der Waals surface area contributed by atoms with Crippen molar-refractivity contribution in [2.75, 3.05) is 34.5 Å². The highest BCUT2D eigenvalue weighted by Gasteiger charge is 2.31. The van der Waals surface area contributed by atoms with E-state index in [1.54, 1.807) is 21.3 Å². The quantitative estimate of drug-likeness (QED) is 0.292. The van der Waals surface area contributed by atoms with Crippen molar-refractivity contribution in [3.63, 3.8) is 0 Å². The van der Waals surface area contributed by atoms with Gasteiger partial charge in [0.1, 0.15) is 23.9 Å². The van der Waals surface area contributed by atoms with Gasteiger partial charge in [-0.3, -0.25) is 0 Å². The van der Waals surface area contributed by atoms with Crippen LogP contribution in [0.3, 0.4) is 0 Å². The van der Waals surface area contributed by atoms with E-state index in [2.05, 4.69) is 64.1 Å². The van der Waals surface area contributed by atoms with E-state index in [0.717, 1.165) is 39.5 Å². The molecule has 4 nitrogen and oxygen atoms in total. The fourth-order valence-corrected chi connectivity index (χ4v) is 6.43. The highest BCUT2D eigenvalue weighted by atomic mass is 32.2. The molecular formula is C27H33O4S+. The molecule has 170 valence electrons. The van der Waals surface area contributed by atoms with Gasteiger partial charge in [0.25, 0.3) is 0 Å². The first-order valence-electron chi connectivity index (χ1n) is 10.7. The van der Waals surface area contributed by atoms with Gasteiger partial charge in [0, 0.05) is 31.4 Å². The largest absolute Gasteiger partial charge is 0.496 e. The normalized spacial score (nSPS) is 11.0. The van der Waals surface area contributed by atoms with Gasteiger partial charge in [-0.2, -0.15) is 0 Å². The number of rotatable bonds is 9. The molecule has 0 N–H and O–H groups in total. The van der Waals surface area contributed by atoms with Crippen LogP contribution in [0.4, 0.5) is 0 Å². The standard InChI is InChI=1S/C27H33O4S/c1-18-14-24(15-19(2)26(18)29-6)32(25-16-20(3)27(30-7)21(4)17-25)23-10-8-22(9-11-23)31-13-12-28-5/h8-11,14-17H,12-13H2,1-7H3/q+1. The highest BCUT2D eigenvalue weighted by molar-refractivity contribution is 7.97. The number of aryl methyl sites for hydroxylation is 4. The van der Waals surface area contributed by atoms with Gasteiger partial charge in [0.05, 0.1) is 31.7 Å². The molecule has 3 aromatic carbocycles. The summed E-state index contributed by atoms with van der Waals surface area (Å²) in [6.07, 6.45) is 0. The third-order valence-corrected chi connectivity index (χ3v) is 7.52. The number of benzene rings is 3. The molecule has 0 aromatic heterocycles. The fourth-order valence-electron chi connectivity index (χ4n) is 4.02. The van der Waals surface area contributed by atoms with E-state index < -0.39 is 0 Å². The molecule has 0 bridgehead atoms. The Bertz CT molecular complexity index is 954. The molecule has 32 heavy (non-hydrogen) atoms. The first kappa shape index (κ1) is 24.0. The summed E-state index contributed by atoms with van der Waals surface area (Å²) >= 11 is 0. The van der Waals surface area contributed by atoms with Gasteiger partial charge in [-0.1, -0.05) is 0 Å². The molecular weight excluding hydrogens is 420 g/mol. The van der Waals surface area contributed by atoms with E-state index in [4.69, 9.17) is 18.9 Å². The summed E-state index contributed by atoms with van der Waals surface area (Å²) in [7, 11) is 4.85. The number of hydrogen-bond donors (Lipinski definition) is 0. The van der Waals surface area contributed by atoms with Crippen LogP contribution in [0.1, 0.15) is 22.3 Å². The van der Waals surface area contributed by atoms with Crippen LogP contribution in [0.15, 0.2) is 63.2 Å². The van der Waals surface area contributed by atoms with Gasteiger partial charge < -0.3 is 18.9 Å². The van der Waals surface area contributed by atoms with E-state index >= 15 is 0 Å². The first-order valence-corrected chi connectivity index (χ1v) is 11.9. The van der Waals surface area contributed by atoms with Gasteiger partial charge in [-0.15, -0.1) is 0 Å². The summed E-state index contributed by atoms with van der Waals surface area (Å²) in [6, 6.07) is 17.4. The monoisotopic (exact) mass is 453 g/mol. The Kier molecular flexibility index (Phi) is 8.10. The van der Waals surface area contributed by atoms with Gasteiger partial charge in [0.15, 0.2) is 14.7 Å². The van der Waals surface area contributed by atoms with Crippen LogP contribution in [0.25, 0.3) is 0 Å². The van der Waals surface area contributed by atoms with Gasteiger partial charge >= 0.3 is 0 Å². The topological polar surface area (TPSA) is 36.9 Å². The third-order valence-electron chi connectivity index (χ3n) is 5.36. The lowest BCUT2D eigenvalue weighted by Crippen LogP contribution is -2.08. The average molecular weight is 454 g/mol. The van der Waals surface area contributed by atoms with Crippen molar-refractivity contribution in [1.29, 1.82) is 0 Å². The fraction of sp³-hybridized carbons (Fsp3) is 0.333. The molecule has 0 saturated heterocycles. The van der Waals surface area contributed by atoms with Crippen molar-refractivity contribution in [3.8, 4) is 17.2 Å². The number of ether oxygens (including phenoxy) is 4. The Balaban J connectivity index is 2.11. The molecule has 3 aromatic rings. The maximum Gasteiger partial charge on any atom is 0.167 e. The maximum absolute atomic E-state index is 5.77. The molecule has 0 aliphatic carbocycles. The molecule has 0 saturated carbocycles. The van der Waals surface area contributed by atoms with Crippen LogP contribution in [0.5, 0.6) is 17.2 Å². The lowest BCUT2D eigenvalue weighted by Gasteiger charge is -2.15. The molecule has 0 amide bonds. The number of hydrogen-bond acceptors (Lipinski definition) is 4. The van der Waals surface area contributed by atoms with Crippen molar-refractivity contribution in [2.45, 2.75) is 42.4 Å². The van der Waals surface area contributed by atoms with E-state index in [9.17, 15) is 0 Å². The predicted octanol–water partition coefficient (Wildman–Crippen LogP) is 6.06. The lowest BCUT2D eigenvalue weighted by atomic mass is 10.1. The van der Waals surface area contributed by atoms with Crippen molar-refractivity contribution < 1.29 is 18.9 Å². The van der Waals surface area contributed by atoms with Crippen LogP contribution < -0.4 is 14.2 Å². The van der Waals surface area contributed by atoms with Crippen LogP contribution in [-0.2, 0) is 15.6 Å².